The molecule has 150 valence electrons. The molecule has 1 heterocycles. The Hall–Kier alpha value is -2.27. The average Bonchev–Trinajstić information content (AvgIpc) is 2.77. The fraction of sp³-hybridized carbons (Fsp3) is 0.240. The molecule has 1 aliphatic heterocycles. The molecule has 1 aliphatic rings. The van der Waals surface area contributed by atoms with Crippen LogP contribution in [-0.2, 0) is 5.60 Å². The van der Waals surface area contributed by atoms with Crippen molar-refractivity contribution in [2.45, 2.75) is 18.4 Å². The predicted molar refractivity (Wildman–Crippen MR) is 111 cm³/mol. The molecule has 2 N–H and O–H groups in total. The molecule has 4 rings (SSSR count). The summed E-state index contributed by atoms with van der Waals surface area (Å²) < 4.78 is 0. The number of nitrogens with one attached hydrogen (secondary N) is 1. The lowest BCUT2D eigenvalue weighted by Gasteiger charge is -2.36. The van der Waals surface area contributed by atoms with Crippen molar-refractivity contribution >= 4 is 5.78 Å². The van der Waals surface area contributed by atoms with E-state index in [1.54, 1.807) is 0 Å². The summed E-state index contributed by atoms with van der Waals surface area (Å²) in [6, 6.07) is 27.9. The predicted octanol–water partition coefficient (Wildman–Crippen LogP) is 0.107. The highest BCUT2D eigenvalue weighted by Crippen LogP contribution is 2.29. The third-order valence-electron chi connectivity index (χ3n) is 5.82. The molecule has 0 atom stereocenters. The van der Waals surface area contributed by atoms with Crippen LogP contribution in [0.3, 0.4) is 0 Å². The molecule has 3 nitrogen and oxygen atoms in total. The van der Waals surface area contributed by atoms with Gasteiger partial charge in [-0.25, -0.2) is 0 Å². The van der Waals surface area contributed by atoms with Crippen LogP contribution in [0, 0.1) is 0 Å². The molecule has 3 aromatic carbocycles. The van der Waals surface area contributed by atoms with Gasteiger partial charge in [-0.15, -0.1) is 0 Å². The molecule has 0 amide bonds. The van der Waals surface area contributed by atoms with Crippen molar-refractivity contribution in [3.05, 3.63) is 96.1 Å². The van der Waals surface area contributed by atoms with Crippen molar-refractivity contribution < 1.29 is 31.8 Å². The molecule has 0 saturated carbocycles. The van der Waals surface area contributed by atoms with E-state index < -0.39 is 5.60 Å². The van der Waals surface area contributed by atoms with E-state index in [2.05, 4.69) is 12.1 Å². The topological polar surface area (TPSA) is 41.7 Å². The second kappa shape index (κ2) is 9.49. The quantitative estimate of drug-likeness (QED) is 0.540. The van der Waals surface area contributed by atoms with Gasteiger partial charge in [-0.1, -0.05) is 84.9 Å². The minimum atomic E-state index is -0.759. The van der Waals surface area contributed by atoms with Crippen molar-refractivity contribution in [3.8, 4) is 11.1 Å². The van der Waals surface area contributed by atoms with Gasteiger partial charge in [0, 0.05) is 18.4 Å². The van der Waals surface area contributed by atoms with Crippen LogP contribution in [0.25, 0.3) is 11.1 Å². The first-order valence-electron chi connectivity index (χ1n) is 9.94. The molecule has 1 fully saturated rings. The van der Waals surface area contributed by atoms with Gasteiger partial charge in [-0.2, -0.15) is 0 Å². The third kappa shape index (κ3) is 5.02. The van der Waals surface area contributed by atoms with Gasteiger partial charge < -0.3 is 27.0 Å². The maximum absolute atomic E-state index is 12.7. The molecule has 1 saturated heterocycles. The van der Waals surface area contributed by atoms with Gasteiger partial charge in [0.15, 0.2) is 0 Å². The van der Waals surface area contributed by atoms with Crippen LogP contribution >= 0.6 is 0 Å². The molecule has 0 bridgehead atoms. The standard InChI is InChI=1S/C25H25NO2.BrH/c27-24(22-13-11-21(12-14-22)20-7-3-1-4-8-20)19-26-17-15-25(28,16-18-26)23-9-5-2-6-10-23;/h1-14,28H,15-19H2;1H. The molecule has 4 heteroatoms. The van der Waals surface area contributed by atoms with Crippen LogP contribution in [0.5, 0.6) is 0 Å². The molecule has 3 aromatic rings. The highest BCUT2D eigenvalue weighted by molar-refractivity contribution is 5.97. The number of piperidine rings is 1. The molecular formula is C25H26BrNO2. The molecule has 0 spiro atoms. The normalized spacial score (nSPS) is 21.2. The van der Waals surface area contributed by atoms with Crippen molar-refractivity contribution in [1.82, 2.24) is 0 Å². The number of quaternary nitrogens is 1. The number of hydrogen-bond acceptors (Lipinski definition) is 2. The van der Waals surface area contributed by atoms with Crippen molar-refractivity contribution in [2.24, 2.45) is 0 Å². The van der Waals surface area contributed by atoms with Crippen LogP contribution in [-0.4, -0.2) is 30.5 Å². The van der Waals surface area contributed by atoms with Crippen LogP contribution < -0.4 is 21.9 Å². The van der Waals surface area contributed by atoms with Gasteiger partial charge in [0.25, 0.3) is 0 Å². The maximum Gasteiger partial charge on any atom is 0.216 e. The van der Waals surface area contributed by atoms with E-state index in [1.807, 2.05) is 72.8 Å². The Kier molecular flexibility index (Phi) is 7.01. The summed E-state index contributed by atoms with van der Waals surface area (Å²) in [6.07, 6.45) is 1.37. The Bertz CT molecular complexity index is 918. The zero-order valence-electron chi connectivity index (χ0n) is 16.4. The Morgan fingerprint density at radius 1 is 0.793 bits per heavy atom. The van der Waals surface area contributed by atoms with Gasteiger partial charge in [-0.3, -0.25) is 4.79 Å². The SMILES string of the molecule is O=C(C[NH+]1CCC(O)(c2ccccc2)CC1)c1ccc(-c2ccccc2)cc1.[Br-]. The number of carbonyl (C=O) groups is 1. The minimum Gasteiger partial charge on any atom is -1.00 e. The number of benzene rings is 3. The third-order valence-corrected chi connectivity index (χ3v) is 5.82. The lowest BCUT2D eigenvalue weighted by molar-refractivity contribution is -0.899. The van der Waals surface area contributed by atoms with Crippen molar-refractivity contribution in [2.75, 3.05) is 19.6 Å². The number of hydrogen-bond donors (Lipinski definition) is 2. The second-order valence-electron chi connectivity index (χ2n) is 7.69. The minimum absolute atomic E-state index is 0. The largest absolute Gasteiger partial charge is 1.00 e. The van der Waals surface area contributed by atoms with Crippen molar-refractivity contribution in [3.63, 3.8) is 0 Å². The summed E-state index contributed by atoms with van der Waals surface area (Å²) >= 11 is 0. The summed E-state index contributed by atoms with van der Waals surface area (Å²) in [4.78, 5) is 14.0. The number of rotatable bonds is 5. The molecule has 0 aromatic heterocycles. The van der Waals surface area contributed by atoms with Gasteiger partial charge in [0.05, 0.1) is 13.1 Å². The van der Waals surface area contributed by atoms with Crippen LogP contribution in [0.1, 0.15) is 28.8 Å². The fourth-order valence-electron chi connectivity index (χ4n) is 4.04. The van der Waals surface area contributed by atoms with E-state index >= 15 is 0 Å². The van der Waals surface area contributed by atoms with Crippen LogP contribution in [0.2, 0.25) is 0 Å². The first kappa shape index (κ1) is 21.4. The van der Waals surface area contributed by atoms with E-state index in [9.17, 15) is 9.90 Å². The Balaban J connectivity index is 0.00000240. The highest BCUT2D eigenvalue weighted by atomic mass is 79.9. The Morgan fingerprint density at radius 2 is 1.31 bits per heavy atom. The fourth-order valence-corrected chi connectivity index (χ4v) is 4.04. The number of aliphatic hydroxyl groups is 1. The lowest BCUT2D eigenvalue weighted by atomic mass is 9.84. The number of ketones is 1. The Morgan fingerprint density at radius 3 is 1.90 bits per heavy atom. The monoisotopic (exact) mass is 451 g/mol. The van der Waals surface area contributed by atoms with Gasteiger partial charge in [0.2, 0.25) is 5.78 Å². The molecule has 0 aliphatic carbocycles. The number of halogens is 1. The number of carbonyl (C=O) groups excluding carboxylic acids is 1. The summed E-state index contributed by atoms with van der Waals surface area (Å²) in [7, 11) is 0. The van der Waals surface area contributed by atoms with Gasteiger partial charge in [0.1, 0.15) is 12.1 Å². The van der Waals surface area contributed by atoms with Gasteiger partial charge in [-0.05, 0) is 16.7 Å². The van der Waals surface area contributed by atoms with E-state index in [1.165, 1.54) is 4.90 Å². The molecule has 0 radical (unpaired) electrons. The summed E-state index contributed by atoms with van der Waals surface area (Å²) in [5.41, 5.74) is 3.26. The summed E-state index contributed by atoms with van der Waals surface area (Å²) in [6.45, 7) is 2.09. The smallest absolute Gasteiger partial charge is 0.216 e. The zero-order valence-corrected chi connectivity index (χ0v) is 17.9. The first-order chi connectivity index (χ1) is 13.6. The number of likely N-dealkylation sites (tertiary alicyclic amines) is 1. The molecular weight excluding hydrogens is 426 g/mol. The van der Waals surface area contributed by atoms with E-state index in [4.69, 9.17) is 0 Å². The molecule has 29 heavy (non-hydrogen) atoms. The lowest BCUT2D eigenvalue weighted by Crippen LogP contribution is -3.14. The summed E-state index contributed by atoms with van der Waals surface area (Å²) in [5, 5.41) is 11.0. The summed E-state index contributed by atoms with van der Waals surface area (Å²) in [5.74, 6) is 0.166. The van der Waals surface area contributed by atoms with Crippen LogP contribution in [0.15, 0.2) is 84.9 Å². The van der Waals surface area contributed by atoms with E-state index in [0.29, 0.717) is 19.4 Å². The first-order valence-corrected chi connectivity index (χ1v) is 9.94. The van der Waals surface area contributed by atoms with Crippen molar-refractivity contribution in [1.29, 1.82) is 0 Å². The zero-order chi connectivity index (χ0) is 19.4. The van der Waals surface area contributed by atoms with Crippen LogP contribution in [0.4, 0.5) is 0 Å². The average molecular weight is 452 g/mol. The van der Waals surface area contributed by atoms with E-state index in [0.717, 1.165) is 35.3 Å². The van der Waals surface area contributed by atoms with Gasteiger partial charge >= 0.3 is 0 Å². The highest BCUT2D eigenvalue weighted by Gasteiger charge is 2.36. The van der Waals surface area contributed by atoms with E-state index in [-0.39, 0.29) is 22.8 Å². The maximum atomic E-state index is 12.7. The second-order valence-corrected chi connectivity index (χ2v) is 7.69. The number of Topliss-reactive ketones (excluding diaryl/α,β-unsaturated/α-hetero) is 1. The Labute approximate surface area is 182 Å². The molecule has 0 unspecified atom stereocenters.